The first-order valence-corrected chi connectivity index (χ1v) is 7.84. The number of carbonyl (C=O) groups excluding carboxylic acids is 1. The molecule has 0 heterocycles. The van der Waals surface area contributed by atoms with Gasteiger partial charge in [-0.15, -0.1) is 0 Å². The second kappa shape index (κ2) is 6.79. The van der Waals surface area contributed by atoms with Gasteiger partial charge in [-0.05, 0) is 19.0 Å². The molecule has 0 aliphatic heterocycles. The van der Waals surface area contributed by atoms with Crippen LogP contribution in [0.5, 0.6) is 0 Å². The molecule has 0 fully saturated rings. The Kier molecular flexibility index (Phi) is 6.52. The van der Waals surface area contributed by atoms with Crippen LogP contribution in [0, 0.1) is 0 Å². The lowest BCUT2D eigenvalue weighted by Crippen LogP contribution is -2.49. The van der Waals surface area contributed by atoms with E-state index in [9.17, 15) is 4.79 Å². The highest BCUT2D eigenvalue weighted by Gasteiger charge is 2.39. The van der Waals surface area contributed by atoms with E-state index in [1.807, 2.05) is 6.92 Å². The highest BCUT2D eigenvalue weighted by atomic mass is 28.4. The van der Waals surface area contributed by atoms with Gasteiger partial charge in [0.25, 0.3) is 0 Å². The van der Waals surface area contributed by atoms with Gasteiger partial charge in [0, 0.05) is 13.2 Å². The van der Waals surface area contributed by atoms with Gasteiger partial charge in [-0.1, -0.05) is 26.8 Å². The normalized spacial score (nSPS) is 16.5. The molecule has 0 aliphatic rings. The van der Waals surface area contributed by atoms with E-state index < -0.39 is 8.32 Å². The van der Waals surface area contributed by atoms with E-state index in [1.54, 1.807) is 7.11 Å². The van der Waals surface area contributed by atoms with Crippen molar-refractivity contribution in [2.24, 2.45) is 0 Å². The summed E-state index contributed by atoms with van der Waals surface area (Å²) in [7, 11) is -0.191. The summed E-state index contributed by atoms with van der Waals surface area (Å²) in [4.78, 5) is 11.1. The summed E-state index contributed by atoms with van der Waals surface area (Å²) >= 11 is 0. The molecule has 0 spiro atoms. The average molecular weight is 230 g/mol. The minimum atomic E-state index is -1.92. The van der Waals surface area contributed by atoms with Crippen LogP contribution in [0.3, 0.4) is 0 Å². The summed E-state index contributed by atoms with van der Waals surface area (Å²) in [5.41, 5.74) is -0.113. The monoisotopic (exact) mass is 230 g/mol. The summed E-state index contributed by atoms with van der Waals surface area (Å²) < 4.78 is 10.9. The van der Waals surface area contributed by atoms with Crippen LogP contribution in [-0.2, 0) is 14.0 Å². The number of hydrogen-bond donors (Lipinski definition) is 0. The topological polar surface area (TPSA) is 35.5 Å². The fourth-order valence-corrected chi connectivity index (χ4v) is 5.17. The SMILES string of the molecule is C=CC(=O)OC(C)[Si](CC)(CCC)OC. The molecule has 0 aliphatic carbocycles. The van der Waals surface area contributed by atoms with Crippen LogP contribution in [0.4, 0.5) is 0 Å². The molecule has 0 saturated heterocycles. The maximum Gasteiger partial charge on any atom is 0.330 e. The number of rotatable bonds is 7. The van der Waals surface area contributed by atoms with Crippen LogP contribution >= 0.6 is 0 Å². The van der Waals surface area contributed by atoms with Crippen LogP contribution in [0.25, 0.3) is 0 Å². The van der Waals surface area contributed by atoms with E-state index in [0.717, 1.165) is 18.5 Å². The maximum atomic E-state index is 11.1. The molecule has 0 aromatic carbocycles. The highest BCUT2D eigenvalue weighted by Crippen LogP contribution is 2.24. The molecule has 88 valence electrons. The van der Waals surface area contributed by atoms with Crippen molar-refractivity contribution in [3.63, 3.8) is 0 Å². The summed E-state index contributed by atoms with van der Waals surface area (Å²) in [6.45, 7) is 9.54. The zero-order chi connectivity index (χ0) is 11.9. The van der Waals surface area contributed by atoms with Gasteiger partial charge in [0.1, 0.15) is 5.73 Å². The van der Waals surface area contributed by atoms with Gasteiger partial charge < -0.3 is 9.16 Å². The fourth-order valence-electron chi connectivity index (χ4n) is 1.83. The predicted molar refractivity (Wildman–Crippen MR) is 64.1 cm³/mol. The Hall–Kier alpha value is -0.613. The molecule has 0 bridgehead atoms. The van der Waals surface area contributed by atoms with Crippen molar-refractivity contribution in [2.75, 3.05) is 7.11 Å². The van der Waals surface area contributed by atoms with E-state index in [0.29, 0.717) is 0 Å². The smallest absolute Gasteiger partial charge is 0.330 e. The Morgan fingerprint density at radius 1 is 1.53 bits per heavy atom. The minimum absolute atomic E-state index is 0.113. The van der Waals surface area contributed by atoms with E-state index in [2.05, 4.69) is 20.4 Å². The van der Waals surface area contributed by atoms with Gasteiger partial charge in [0.15, 0.2) is 0 Å². The minimum Gasteiger partial charge on any atom is -0.460 e. The summed E-state index contributed by atoms with van der Waals surface area (Å²) in [6, 6.07) is 1.98. The van der Waals surface area contributed by atoms with Crippen molar-refractivity contribution in [3.05, 3.63) is 12.7 Å². The Labute approximate surface area is 93.6 Å². The van der Waals surface area contributed by atoms with Crippen LogP contribution in [0.1, 0.15) is 27.2 Å². The second-order valence-corrected chi connectivity index (χ2v) is 8.21. The zero-order valence-corrected chi connectivity index (χ0v) is 11.2. The summed E-state index contributed by atoms with van der Waals surface area (Å²) in [5, 5.41) is 0. The standard InChI is InChI=1S/C11H22O3Si/c1-6-9-15(8-3,13-5)10(4)14-11(12)7-2/h7,10H,2,6,8-9H2,1,3-5H3. The van der Waals surface area contributed by atoms with Crippen LogP contribution in [-0.4, -0.2) is 27.1 Å². The molecule has 0 amide bonds. The maximum absolute atomic E-state index is 11.1. The molecule has 0 N–H and O–H groups in total. The molecule has 0 aromatic heterocycles. The predicted octanol–water partition coefficient (Wildman–Crippen LogP) is 2.67. The van der Waals surface area contributed by atoms with Gasteiger partial charge >= 0.3 is 5.97 Å². The van der Waals surface area contributed by atoms with E-state index in [-0.39, 0.29) is 11.7 Å². The van der Waals surface area contributed by atoms with Gasteiger partial charge in [-0.3, -0.25) is 0 Å². The molecule has 3 nitrogen and oxygen atoms in total. The Morgan fingerprint density at radius 3 is 2.47 bits per heavy atom. The first kappa shape index (κ1) is 14.4. The van der Waals surface area contributed by atoms with Gasteiger partial charge in [0.05, 0.1) is 0 Å². The fraction of sp³-hybridized carbons (Fsp3) is 0.727. The average Bonchev–Trinajstić information content (AvgIpc) is 2.25. The van der Waals surface area contributed by atoms with Crippen LogP contribution < -0.4 is 0 Å². The molecule has 2 atom stereocenters. The van der Waals surface area contributed by atoms with Gasteiger partial charge in [-0.2, -0.15) is 0 Å². The van der Waals surface area contributed by atoms with Crippen molar-refractivity contribution < 1.29 is 14.0 Å². The third-order valence-corrected chi connectivity index (χ3v) is 7.83. The summed E-state index contributed by atoms with van der Waals surface area (Å²) in [6.07, 6.45) is 2.26. The molecule has 0 saturated carbocycles. The van der Waals surface area contributed by atoms with Crippen molar-refractivity contribution >= 4 is 14.3 Å². The zero-order valence-electron chi connectivity index (χ0n) is 10.2. The first-order valence-electron chi connectivity index (χ1n) is 5.44. The summed E-state index contributed by atoms with van der Waals surface area (Å²) in [5.74, 6) is -0.360. The van der Waals surface area contributed by atoms with E-state index >= 15 is 0 Å². The molecule has 4 heteroatoms. The molecule has 15 heavy (non-hydrogen) atoms. The third kappa shape index (κ3) is 3.79. The lowest BCUT2D eigenvalue weighted by atomic mass is 10.6. The number of ether oxygens (including phenoxy) is 1. The Morgan fingerprint density at radius 2 is 2.13 bits per heavy atom. The Bertz CT molecular complexity index is 212. The lowest BCUT2D eigenvalue weighted by Gasteiger charge is -2.33. The Balaban J connectivity index is 4.59. The first-order chi connectivity index (χ1) is 7.06. The molecule has 0 rings (SSSR count). The lowest BCUT2D eigenvalue weighted by molar-refractivity contribution is -0.139. The van der Waals surface area contributed by atoms with E-state index in [1.165, 1.54) is 6.08 Å². The quantitative estimate of drug-likeness (QED) is 0.383. The van der Waals surface area contributed by atoms with Crippen molar-refractivity contribution in [2.45, 2.75) is 45.0 Å². The van der Waals surface area contributed by atoms with Crippen LogP contribution in [0.2, 0.25) is 12.1 Å². The largest absolute Gasteiger partial charge is 0.460 e. The molecule has 0 aromatic rings. The molecular weight excluding hydrogens is 208 g/mol. The number of esters is 1. The highest BCUT2D eigenvalue weighted by molar-refractivity contribution is 6.75. The van der Waals surface area contributed by atoms with E-state index in [4.69, 9.17) is 9.16 Å². The third-order valence-electron chi connectivity index (χ3n) is 2.88. The van der Waals surface area contributed by atoms with Crippen molar-refractivity contribution in [3.8, 4) is 0 Å². The molecular formula is C11H22O3Si. The molecule has 2 unspecified atom stereocenters. The van der Waals surface area contributed by atoms with Crippen molar-refractivity contribution in [1.29, 1.82) is 0 Å². The van der Waals surface area contributed by atoms with Gasteiger partial charge in [0.2, 0.25) is 8.32 Å². The number of carbonyl (C=O) groups is 1. The second-order valence-electron chi connectivity index (χ2n) is 3.66. The van der Waals surface area contributed by atoms with Crippen LogP contribution in [0.15, 0.2) is 12.7 Å². The van der Waals surface area contributed by atoms with Crippen molar-refractivity contribution in [1.82, 2.24) is 0 Å². The number of hydrogen-bond acceptors (Lipinski definition) is 3. The molecule has 0 radical (unpaired) electrons. The van der Waals surface area contributed by atoms with Gasteiger partial charge in [-0.25, -0.2) is 4.79 Å².